The smallest absolute Gasteiger partial charge is 0.159 e. The zero-order chi connectivity index (χ0) is 52.2. The summed E-state index contributed by atoms with van der Waals surface area (Å²) in [5.74, 6) is 0. The lowest BCUT2D eigenvalue weighted by Crippen LogP contribution is -2.34. The molecule has 0 bridgehead atoms. The number of furan rings is 2. The Hall–Kier alpha value is -10.6. The van der Waals surface area contributed by atoms with Gasteiger partial charge in [0, 0.05) is 54.5 Å². The van der Waals surface area contributed by atoms with Crippen LogP contribution in [0.15, 0.2) is 282 Å². The predicted molar refractivity (Wildman–Crippen MR) is 331 cm³/mol. The molecule has 3 aromatic heterocycles. The van der Waals surface area contributed by atoms with Gasteiger partial charge in [-0.25, -0.2) is 0 Å². The first-order valence-corrected chi connectivity index (χ1v) is 27.5. The zero-order valence-corrected chi connectivity index (χ0v) is 43.1. The average molecular weight is 1020 g/mol. The van der Waals surface area contributed by atoms with Crippen LogP contribution in [0, 0.1) is 0 Å². The van der Waals surface area contributed by atoms with E-state index in [-0.39, 0.29) is 0 Å². The fraction of sp³-hybridized carbons (Fsp3) is 0.0133. The summed E-state index contributed by atoms with van der Waals surface area (Å²) < 4.78 is 16.5. The van der Waals surface area contributed by atoms with E-state index in [9.17, 15) is 0 Å². The van der Waals surface area contributed by atoms with Gasteiger partial charge in [-0.2, -0.15) is 0 Å². The van der Waals surface area contributed by atoms with Gasteiger partial charge in [-0.3, -0.25) is 0 Å². The van der Waals surface area contributed by atoms with Crippen LogP contribution >= 0.6 is 0 Å². The topological polar surface area (TPSA) is 37.7 Å². The third-order valence-corrected chi connectivity index (χ3v) is 17.5. The van der Waals surface area contributed by atoms with Crippen molar-refractivity contribution in [2.45, 2.75) is 5.41 Å². The maximum absolute atomic E-state index is 6.97. The Labute approximate surface area is 459 Å². The second-order valence-electron chi connectivity index (χ2n) is 21.4. The van der Waals surface area contributed by atoms with Crippen LogP contribution in [0.3, 0.4) is 0 Å². The molecule has 0 fully saturated rings. The maximum atomic E-state index is 6.97. The second-order valence-corrected chi connectivity index (χ2v) is 21.4. The molecule has 0 atom stereocenters. The molecular weight excluding hydrogens is 975 g/mol. The zero-order valence-electron chi connectivity index (χ0n) is 43.1. The first kappa shape index (κ1) is 43.5. The molecule has 2 aliphatic rings. The van der Waals surface area contributed by atoms with Crippen molar-refractivity contribution in [2.75, 3.05) is 9.80 Å². The Bertz CT molecular complexity index is 5030. The van der Waals surface area contributed by atoms with E-state index in [2.05, 4.69) is 287 Å². The number of benzene rings is 13. The molecule has 1 spiro atoms. The number of nitrogens with zero attached hydrogens (tertiary/aromatic N) is 3. The minimum Gasteiger partial charge on any atom is -0.454 e. The van der Waals surface area contributed by atoms with E-state index in [0.29, 0.717) is 0 Å². The lowest BCUT2D eigenvalue weighted by molar-refractivity contribution is 0.669. The molecule has 0 radical (unpaired) electrons. The normalized spacial score (nSPS) is 13.1. The molecule has 1 aliphatic heterocycles. The maximum Gasteiger partial charge on any atom is 0.159 e. The lowest BCUT2D eigenvalue weighted by atomic mass is 9.65. The van der Waals surface area contributed by atoms with Crippen LogP contribution in [0.25, 0.3) is 104 Å². The molecule has 5 nitrogen and oxygen atoms in total. The summed E-state index contributed by atoms with van der Waals surface area (Å²) in [6.07, 6.45) is 0. The molecule has 13 aromatic carbocycles. The van der Waals surface area contributed by atoms with Crippen LogP contribution < -0.4 is 9.80 Å². The van der Waals surface area contributed by atoms with Crippen molar-refractivity contribution in [1.82, 2.24) is 4.57 Å². The third-order valence-electron chi connectivity index (χ3n) is 17.5. The molecule has 0 saturated carbocycles. The van der Waals surface area contributed by atoms with Crippen molar-refractivity contribution >= 4 is 121 Å². The number of hydrogen-bond donors (Lipinski definition) is 0. The Morgan fingerprint density at radius 3 is 1.26 bits per heavy atom. The van der Waals surface area contributed by atoms with E-state index in [1.54, 1.807) is 0 Å². The summed E-state index contributed by atoms with van der Waals surface area (Å²) in [6, 6.07) is 100. The van der Waals surface area contributed by atoms with E-state index in [1.807, 2.05) is 0 Å². The van der Waals surface area contributed by atoms with Gasteiger partial charge in [-0.1, -0.05) is 200 Å². The number of anilines is 6. The highest BCUT2D eigenvalue weighted by Gasteiger charge is 2.53. The summed E-state index contributed by atoms with van der Waals surface area (Å²) in [5, 5.41) is 11.4. The fourth-order valence-electron chi connectivity index (χ4n) is 14.4. The number of hydrogen-bond acceptors (Lipinski definition) is 4. The van der Waals surface area contributed by atoms with Crippen LogP contribution in [-0.4, -0.2) is 4.57 Å². The average Bonchev–Trinajstić information content (AvgIpc) is 4.45. The molecule has 0 unspecified atom stereocenters. The van der Waals surface area contributed by atoms with Crippen LogP contribution in [-0.2, 0) is 5.41 Å². The van der Waals surface area contributed by atoms with Gasteiger partial charge in [0.25, 0.3) is 0 Å². The molecule has 16 aromatic rings. The van der Waals surface area contributed by atoms with Gasteiger partial charge in [-0.05, 0) is 117 Å². The van der Waals surface area contributed by atoms with E-state index < -0.39 is 5.41 Å². The number of para-hydroxylation sites is 9. The summed E-state index contributed by atoms with van der Waals surface area (Å²) in [5.41, 5.74) is 19.6. The molecule has 0 N–H and O–H groups in total. The summed E-state index contributed by atoms with van der Waals surface area (Å²) in [4.78, 5) is 4.90. The molecule has 5 heteroatoms. The Morgan fingerprint density at radius 1 is 0.287 bits per heavy atom. The molecule has 0 amide bonds. The Balaban J connectivity index is 1.03. The highest BCUT2D eigenvalue weighted by molar-refractivity contribution is 6.22. The molecule has 1 aliphatic carbocycles. The Morgan fingerprint density at radius 2 is 0.700 bits per heavy atom. The van der Waals surface area contributed by atoms with Gasteiger partial charge in [0.15, 0.2) is 11.2 Å². The van der Waals surface area contributed by atoms with Crippen molar-refractivity contribution in [2.24, 2.45) is 0 Å². The Kier molecular flexibility index (Phi) is 8.81. The van der Waals surface area contributed by atoms with Gasteiger partial charge >= 0.3 is 0 Å². The van der Waals surface area contributed by atoms with Crippen LogP contribution in [0.5, 0.6) is 0 Å². The standard InChI is InChI=1S/C75H45N3O2/c1-3-22-46(23-4-1)76(64-40-20-34-56-51-29-12-17-42-68(51)79-73(56)64)66-44-60-70(53-31-9-7-26-48(53)66)71-54-32-10-8-27-49(54)67(77(47-24-5-2-6-25-47)65-41-21-35-57-52-30-13-18-43-69(52)80-74(57)65)45-61(71)75(60)58-36-14-16-39-63(58)78-62-38-15-11-28-50(62)55-33-19-37-59(75)72(55)78/h1-45H. The lowest BCUT2D eigenvalue weighted by Gasteiger charge is -2.40. The summed E-state index contributed by atoms with van der Waals surface area (Å²) >= 11 is 0. The van der Waals surface area contributed by atoms with Gasteiger partial charge < -0.3 is 23.2 Å². The molecule has 0 saturated heterocycles. The van der Waals surface area contributed by atoms with Gasteiger partial charge in [0.1, 0.15) is 11.2 Å². The number of fused-ring (bicyclic) bond motifs is 22. The minimum atomic E-state index is -0.857. The van der Waals surface area contributed by atoms with Crippen molar-refractivity contribution in [1.29, 1.82) is 0 Å². The van der Waals surface area contributed by atoms with Crippen molar-refractivity contribution < 1.29 is 8.83 Å². The number of aromatic nitrogens is 1. The van der Waals surface area contributed by atoms with Crippen molar-refractivity contribution in [3.63, 3.8) is 0 Å². The molecule has 372 valence electrons. The quantitative estimate of drug-likeness (QED) is 0.166. The van der Waals surface area contributed by atoms with Crippen LogP contribution in [0.2, 0.25) is 0 Å². The monoisotopic (exact) mass is 1020 g/mol. The summed E-state index contributed by atoms with van der Waals surface area (Å²) in [6.45, 7) is 0. The van der Waals surface area contributed by atoms with E-state index in [0.717, 1.165) is 88.8 Å². The molecule has 80 heavy (non-hydrogen) atoms. The van der Waals surface area contributed by atoms with Gasteiger partial charge in [-0.15, -0.1) is 0 Å². The van der Waals surface area contributed by atoms with E-state index in [4.69, 9.17) is 8.83 Å². The van der Waals surface area contributed by atoms with E-state index in [1.165, 1.54) is 71.6 Å². The van der Waals surface area contributed by atoms with Crippen LogP contribution in [0.4, 0.5) is 34.1 Å². The number of rotatable bonds is 6. The third kappa shape index (κ3) is 5.64. The summed E-state index contributed by atoms with van der Waals surface area (Å²) in [7, 11) is 0. The van der Waals surface area contributed by atoms with Gasteiger partial charge in [0.2, 0.25) is 0 Å². The largest absolute Gasteiger partial charge is 0.454 e. The van der Waals surface area contributed by atoms with Crippen molar-refractivity contribution in [3.8, 4) is 16.8 Å². The van der Waals surface area contributed by atoms with Crippen molar-refractivity contribution in [3.05, 3.63) is 295 Å². The predicted octanol–water partition coefficient (Wildman–Crippen LogP) is 20.5. The van der Waals surface area contributed by atoms with Crippen LogP contribution in [0.1, 0.15) is 22.3 Å². The highest BCUT2D eigenvalue weighted by atomic mass is 16.3. The first-order chi connectivity index (χ1) is 39.7. The molecular formula is C75H45N3O2. The molecule has 4 heterocycles. The highest BCUT2D eigenvalue weighted by Crippen LogP contribution is 2.66. The fourth-order valence-corrected chi connectivity index (χ4v) is 14.4. The van der Waals surface area contributed by atoms with E-state index >= 15 is 0 Å². The first-order valence-electron chi connectivity index (χ1n) is 27.5. The second kappa shape index (κ2) is 16.2. The van der Waals surface area contributed by atoms with Gasteiger partial charge in [0.05, 0.1) is 44.9 Å². The minimum absolute atomic E-state index is 0.841. The SMILES string of the molecule is c1ccc(N(c2cc3c(c4ccccc24)-c2c(cc(N(c4ccccc4)c4cccc5c4oc4ccccc45)c4ccccc24)C32c3ccccc3-n3c4ccccc4c4cccc2c43)c2cccc3c2oc2ccccc23)cc1. The molecule has 18 rings (SSSR count).